The molecule has 7 nitrogen and oxygen atoms in total. The van der Waals surface area contributed by atoms with Gasteiger partial charge in [-0.3, -0.25) is 9.36 Å². The van der Waals surface area contributed by atoms with Crippen LogP contribution in [0, 0.1) is 6.92 Å². The third-order valence-corrected chi connectivity index (χ3v) is 7.78. The van der Waals surface area contributed by atoms with Gasteiger partial charge in [0.25, 0.3) is 0 Å². The van der Waals surface area contributed by atoms with Gasteiger partial charge in [0.05, 0.1) is 0 Å². The number of carbonyl (C=O) groups excluding carboxylic acids is 1. The smallest absolute Gasteiger partial charge is 0.339 e. The lowest BCUT2D eigenvalue weighted by Gasteiger charge is -2.36. The molecule has 8 heteroatoms. The van der Waals surface area contributed by atoms with Crippen LogP contribution in [0.3, 0.4) is 0 Å². The maximum Gasteiger partial charge on any atom is 0.339 e. The number of para-hydroxylation sites is 1. The van der Waals surface area contributed by atoms with Gasteiger partial charge in [0, 0.05) is 24.1 Å². The van der Waals surface area contributed by atoms with Crippen molar-refractivity contribution in [1.29, 1.82) is 0 Å². The molecule has 0 N–H and O–H groups in total. The molecular weight excluding hydrogens is 476 g/mol. The van der Waals surface area contributed by atoms with Gasteiger partial charge in [-0.25, -0.2) is 4.98 Å². The van der Waals surface area contributed by atoms with Crippen LogP contribution < -0.4 is 8.92 Å². The van der Waals surface area contributed by atoms with E-state index in [1.807, 2.05) is 44.2 Å². The number of hydrogen-bond acceptors (Lipinski definition) is 6. The Labute approximate surface area is 210 Å². The normalized spacial score (nSPS) is 17.2. The molecule has 4 aromatic rings. The van der Waals surface area contributed by atoms with E-state index in [0.717, 1.165) is 16.8 Å². The molecule has 0 bridgehead atoms. The van der Waals surface area contributed by atoms with Gasteiger partial charge in [0.1, 0.15) is 16.4 Å². The Bertz CT molecular complexity index is 1510. The lowest BCUT2D eigenvalue weighted by Crippen LogP contribution is -2.47. The number of imidazole rings is 1. The van der Waals surface area contributed by atoms with Crippen LogP contribution in [0.2, 0.25) is 0 Å². The van der Waals surface area contributed by atoms with E-state index in [0.29, 0.717) is 30.8 Å². The third kappa shape index (κ3) is 4.40. The Morgan fingerprint density at radius 2 is 1.83 bits per heavy atom. The standard InChI is InChI=1S/C28H26N2O5S/c1-3-28(26(31)27-29-17-18-30(27)22-7-5-4-6-8-22)16-15-21-11-12-23(19-25(21)34-28)35-36(32,33)24-13-9-20(2)10-14-24/h4-14,17-19H,3,15-16H2,1-2H3/t28-/m1/s1. The fraction of sp³-hybridized carbons (Fsp3) is 0.214. The Hall–Kier alpha value is -3.91. The highest BCUT2D eigenvalue weighted by atomic mass is 32.2. The molecule has 1 atom stereocenters. The first kappa shape index (κ1) is 23.8. The van der Waals surface area contributed by atoms with Crippen molar-refractivity contribution in [1.82, 2.24) is 9.55 Å². The SMILES string of the molecule is CC[C@]1(C(=O)c2nccn2-c2ccccc2)CCc2ccc(OS(=O)(=O)c3ccc(C)cc3)cc2O1. The lowest BCUT2D eigenvalue weighted by molar-refractivity contribution is 0.0316. The molecule has 36 heavy (non-hydrogen) atoms. The molecule has 0 saturated carbocycles. The number of aryl methyl sites for hydroxylation is 2. The molecule has 0 spiro atoms. The van der Waals surface area contributed by atoms with E-state index in [4.69, 9.17) is 8.92 Å². The van der Waals surface area contributed by atoms with Crippen molar-refractivity contribution >= 4 is 15.9 Å². The van der Waals surface area contributed by atoms with E-state index in [-0.39, 0.29) is 16.4 Å². The summed E-state index contributed by atoms with van der Waals surface area (Å²) in [6.45, 7) is 3.78. The molecule has 184 valence electrons. The quantitative estimate of drug-likeness (QED) is 0.252. The first-order valence-corrected chi connectivity index (χ1v) is 13.2. The number of benzene rings is 3. The van der Waals surface area contributed by atoms with Crippen LogP contribution in [0.1, 0.15) is 41.5 Å². The molecule has 0 saturated heterocycles. The fourth-order valence-corrected chi connectivity index (χ4v) is 5.33. The maximum absolute atomic E-state index is 13.8. The van der Waals surface area contributed by atoms with Gasteiger partial charge in [-0.1, -0.05) is 48.9 Å². The van der Waals surface area contributed by atoms with Gasteiger partial charge in [0.15, 0.2) is 11.4 Å². The van der Waals surface area contributed by atoms with Crippen molar-refractivity contribution in [3.05, 3.63) is 102 Å². The van der Waals surface area contributed by atoms with Crippen molar-refractivity contribution in [2.24, 2.45) is 0 Å². The van der Waals surface area contributed by atoms with Crippen molar-refractivity contribution < 1.29 is 22.1 Å². The van der Waals surface area contributed by atoms with Crippen LogP contribution in [-0.2, 0) is 16.5 Å². The summed E-state index contributed by atoms with van der Waals surface area (Å²) < 4.78 is 39.0. The van der Waals surface area contributed by atoms with E-state index in [1.165, 1.54) is 12.1 Å². The van der Waals surface area contributed by atoms with Gasteiger partial charge in [0.2, 0.25) is 5.78 Å². The first-order valence-electron chi connectivity index (χ1n) is 11.8. The molecular formula is C28H26N2O5S. The van der Waals surface area contributed by atoms with Gasteiger partial charge in [-0.05, 0) is 62.1 Å². The number of hydrogen-bond donors (Lipinski definition) is 0. The summed E-state index contributed by atoms with van der Waals surface area (Å²) in [5, 5.41) is 0. The Kier molecular flexibility index (Phi) is 6.14. The average molecular weight is 503 g/mol. The van der Waals surface area contributed by atoms with Crippen molar-refractivity contribution in [2.45, 2.75) is 43.6 Å². The summed E-state index contributed by atoms with van der Waals surface area (Å²) in [5.74, 6) is 0.634. The Morgan fingerprint density at radius 1 is 1.08 bits per heavy atom. The van der Waals surface area contributed by atoms with Gasteiger partial charge >= 0.3 is 10.1 Å². The highest BCUT2D eigenvalue weighted by Gasteiger charge is 2.44. The van der Waals surface area contributed by atoms with E-state index in [2.05, 4.69) is 4.98 Å². The summed E-state index contributed by atoms with van der Waals surface area (Å²) in [5.41, 5.74) is 1.54. The summed E-state index contributed by atoms with van der Waals surface area (Å²) in [7, 11) is -4.01. The second-order valence-electron chi connectivity index (χ2n) is 8.86. The molecule has 0 amide bonds. The van der Waals surface area contributed by atoms with Crippen LogP contribution in [0.25, 0.3) is 5.69 Å². The van der Waals surface area contributed by atoms with Gasteiger partial charge < -0.3 is 8.92 Å². The second kappa shape index (κ2) is 9.28. The van der Waals surface area contributed by atoms with Gasteiger partial charge in [-0.15, -0.1) is 0 Å². The van der Waals surface area contributed by atoms with Crippen molar-refractivity contribution in [2.75, 3.05) is 0 Å². The fourth-order valence-electron chi connectivity index (χ4n) is 4.41. The lowest BCUT2D eigenvalue weighted by atomic mass is 9.84. The van der Waals surface area contributed by atoms with Gasteiger partial charge in [-0.2, -0.15) is 8.42 Å². The summed E-state index contributed by atoms with van der Waals surface area (Å²) in [6, 6.07) is 20.9. The minimum absolute atomic E-state index is 0.0672. The zero-order chi connectivity index (χ0) is 25.3. The van der Waals surface area contributed by atoms with Crippen LogP contribution in [-0.4, -0.2) is 29.4 Å². The molecule has 1 aliphatic heterocycles. The maximum atomic E-state index is 13.8. The van der Waals surface area contributed by atoms with Crippen LogP contribution in [0.15, 0.2) is 90.1 Å². The highest BCUT2D eigenvalue weighted by molar-refractivity contribution is 7.87. The zero-order valence-electron chi connectivity index (χ0n) is 20.0. The molecule has 0 aliphatic carbocycles. The van der Waals surface area contributed by atoms with E-state index >= 15 is 0 Å². The second-order valence-corrected chi connectivity index (χ2v) is 10.4. The molecule has 1 aromatic heterocycles. The number of ketones is 1. The zero-order valence-corrected chi connectivity index (χ0v) is 20.9. The summed E-state index contributed by atoms with van der Waals surface area (Å²) >= 11 is 0. The molecule has 5 rings (SSSR count). The monoisotopic (exact) mass is 502 g/mol. The molecule has 0 radical (unpaired) electrons. The summed E-state index contributed by atoms with van der Waals surface area (Å²) in [4.78, 5) is 18.2. The van der Waals surface area contributed by atoms with E-state index in [9.17, 15) is 13.2 Å². The van der Waals surface area contributed by atoms with Crippen molar-refractivity contribution in [3.63, 3.8) is 0 Å². The molecule has 1 aliphatic rings. The predicted octanol–water partition coefficient (Wildman–Crippen LogP) is 5.31. The Morgan fingerprint density at radius 3 is 2.56 bits per heavy atom. The number of fused-ring (bicyclic) bond motifs is 1. The first-order chi connectivity index (χ1) is 17.3. The number of Topliss-reactive ketones (excluding diaryl/α,β-unsaturated/α-hetero) is 1. The summed E-state index contributed by atoms with van der Waals surface area (Å²) in [6.07, 6.45) is 4.87. The molecule has 0 unspecified atom stereocenters. The largest absolute Gasteiger partial charge is 0.479 e. The van der Waals surface area contributed by atoms with E-state index < -0.39 is 15.7 Å². The Balaban J connectivity index is 1.44. The predicted molar refractivity (Wildman–Crippen MR) is 135 cm³/mol. The number of nitrogens with zero attached hydrogens (tertiary/aromatic N) is 2. The molecule has 2 heterocycles. The third-order valence-electron chi connectivity index (χ3n) is 6.52. The topological polar surface area (TPSA) is 87.5 Å². The highest BCUT2D eigenvalue weighted by Crippen LogP contribution is 2.39. The van der Waals surface area contributed by atoms with Crippen LogP contribution in [0.5, 0.6) is 11.5 Å². The minimum Gasteiger partial charge on any atom is -0.479 e. The molecule has 3 aromatic carbocycles. The molecule has 0 fully saturated rings. The number of ether oxygens (including phenoxy) is 1. The van der Waals surface area contributed by atoms with Crippen LogP contribution >= 0.6 is 0 Å². The minimum atomic E-state index is -4.01. The van der Waals surface area contributed by atoms with Crippen LogP contribution in [0.4, 0.5) is 0 Å². The van der Waals surface area contributed by atoms with Crippen molar-refractivity contribution in [3.8, 4) is 17.2 Å². The number of carbonyl (C=O) groups is 1. The van der Waals surface area contributed by atoms with E-state index in [1.54, 1.807) is 47.3 Å². The number of rotatable bonds is 7. The average Bonchev–Trinajstić information content (AvgIpc) is 3.38. The number of aromatic nitrogens is 2.